The van der Waals surface area contributed by atoms with E-state index in [0.717, 1.165) is 37.0 Å². The van der Waals surface area contributed by atoms with Gasteiger partial charge in [0.2, 0.25) is 12.7 Å². The molecule has 814 valence electrons. The summed E-state index contributed by atoms with van der Waals surface area (Å²) < 4.78 is 256. The fourth-order valence-corrected chi connectivity index (χ4v) is 22.1. The molecule has 24 atom stereocenters. The number of alkyl halides is 7. The topological polar surface area (TPSA) is 410 Å². The number of hydrogen-bond donors (Lipinski definition) is 5. The largest absolute Gasteiger partial charge is 0.475 e. The van der Waals surface area contributed by atoms with Gasteiger partial charge in [-0.1, -0.05) is 146 Å². The number of anilines is 1. The van der Waals surface area contributed by atoms with Crippen LogP contribution in [0.25, 0.3) is 0 Å². The first-order chi connectivity index (χ1) is 68.2. The van der Waals surface area contributed by atoms with Crippen molar-refractivity contribution in [3.05, 3.63) is 242 Å². The normalized spacial score (nSPS) is 31.0. The molecular formula is C105H137F13N14O16. The van der Waals surface area contributed by atoms with E-state index in [9.17, 15) is 67.6 Å². The van der Waals surface area contributed by atoms with Crippen molar-refractivity contribution in [3.8, 4) is 5.88 Å². The molecule has 0 radical (unpaired) electrons. The summed E-state index contributed by atoms with van der Waals surface area (Å²) in [5.74, 6) is -5.95. The second-order valence-corrected chi connectivity index (χ2v) is 35.9. The standard InChI is InChI=1S/C22H23F3N4O4.C16H19F2NO2.C16H17F2NO2.C15H17F2N3O4.C15H19F2N3O2.C15H18F2N2O2.6CH4/c1-2-17-20-18(9-31-17)33-21(26)29-22(20,10-23)13-5-12(3-4-14(13)25)6-16(30)15-7-28-19(8-27-15)32-11-24;2*1-3-13-15-14(8-20-13)21-10(2)19-16(15,9-17)11-6-4-5-7-12(11)18;1-2-11-13-12(6-23-11)24-14(18)19-15(13,7-16)9-5-8(20(21)22)3-4-10(9)17;1-2-11-13-12(6-21-11)22-14(19)20-15(13,7-16)9-5-8(18)3-4-10(9)17;1-2-11-13-12(7-20-11)21-14(18)19-15(13,8-16)9-5-3-4-6-10(9)17;;;;;;/h3-5,7-8,17-18,20H,2,6,9-11H2,1H3,(H2,26,29);4-7,13-15H,3,8-9H2,1-2H3;3-7,13-15H,1,8-9H2,2H3;3-5,11-13H,2,6-7H2,1H3,(H2,18,19);3-5,11-13H,2,6-7,18H2,1H3,(H2,19,20);3-6,11-13H,2,7-8H2,1H3,(H2,18,19);6*1H4/t17-,18+,20-,22+;2*13-,14+,15-,16+;3*11-,12+,13-,15+;;;;;;/m000000....../s1. The average molecular weight is 2100 g/mol. The van der Waals surface area contributed by atoms with Crippen LogP contribution in [0.4, 0.5) is 68.5 Å². The van der Waals surface area contributed by atoms with E-state index in [1.54, 1.807) is 74.5 Å². The third-order valence-electron chi connectivity index (χ3n) is 28.1. The molecule has 12 aliphatic heterocycles. The highest BCUT2D eigenvalue weighted by Crippen LogP contribution is 2.55. The fraction of sp³-hybridized carbons (Fsp3) is 0.533. The molecule has 6 aromatic carbocycles. The molecule has 19 rings (SSSR count). The molecule has 0 aliphatic carbocycles. The Balaban J connectivity index is 0.000000216. The van der Waals surface area contributed by atoms with Gasteiger partial charge in [0.05, 0.1) is 129 Å². The first-order valence-corrected chi connectivity index (χ1v) is 46.5. The Kier molecular flexibility index (Phi) is 41.9. The van der Waals surface area contributed by atoms with Crippen LogP contribution >= 0.6 is 0 Å². The number of halogens is 13. The molecule has 0 unspecified atom stereocenters. The Labute approximate surface area is 854 Å². The molecule has 30 nitrogen and oxygen atoms in total. The van der Waals surface area contributed by atoms with Crippen molar-refractivity contribution in [2.24, 2.45) is 88.4 Å². The zero-order valence-electron chi connectivity index (χ0n) is 78.7. The summed E-state index contributed by atoms with van der Waals surface area (Å²) in [5, 5.41) is 11.0. The number of aliphatic imine (C=N–C) groups is 6. The molecule has 0 saturated carbocycles. The molecule has 7 aromatic rings. The summed E-state index contributed by atoms with van der Waals surface area (Å²) in [6.07, 6.45) is 2.36. The molecule has 0 amide bonds. The van der Waals surface area contributed by atoms with Gasteiger partial charge >= 0.3 is 0 Å². The summed E-state index contributed by atoms with van der Waals surface area (Å²) in [5.41, 5.74) is 20.9. The number of ether oxygens (including phenoxy) is 13. The van der Waals surface area contributed by atoms with Gasteiger partial charge in [0.1, 0.15) is 151 Å². The molecule has 6 fully saturated rings. The van der Waals surface area contributed by atoms with Crippen molar-refractivity contribution in [2.45, 2.75) is 238 Å². The Morgan fingerprint density at radius 2 is 0.703 bits per heavy atom. The lowest BCUT2D eigenvalue weighted by Gasteiger charge is -2.42. The van der Waals surface area contributed by atoms with Gasteiger partial charge in [-0.25, -0.2) is 97.0 Å². The molecule has 0 bridgehead atoms. The average Bonchev–Trinajstić information content (AvgIpc) is 1.44. The van der Waals surface area contributed by atoms with Crippen LogP contribution in [0.2, 0.25) is 0 Å². The van der Waals surface area contributed by atoms with Crippen molar-refractivity contribution in [3.63, 3.8) is 0 Å². The van der Waals surface area contributed by atoms with Gasteiger partial charge in [0.15, 0.2) is 17.6 Å². The van der Waals surface area contributed by atoms with Gasteiger partial charge in [0.25, 0.3) is 29.8 Å². The number of aromatic nitrogens is 2. The van der Waals surface area contributed by atoms with Crippen LogP contribution in [0, 0.1) is 80.5 Å². The molecular weight excluding hydrogens is 1960 g/mol. The Morgan fingerprint density at radius 3 is 1.03 bits per heavy atom. The second kappa shape index (κ2) is 51.3. The molecule has 6 saturated heterocycles. The van der Waals surface area contributed by atoms with E-state index < -0.39 is 198 Å². The number of nitrogens with zero attached hydrogens (tertiary/aromatic N) is 9. The number of nitro groups is 1. The number of Topliss-reactive ketones (excluding diaryl/α,β-unsaturated/α-hetero) is 1. The zero-order chi connectivity index (χ0) is 102. The number of ketones is 1. The summed E-state index contributed by atoms with van der Waals surface area (Å²) in [6.45, 7) is 11.8. The maximum Gasteiger partial charge on any atom is 0.283 e. The van der Waals surface area contributed by atoms with Crippen LogP contribution in [0.15, 0.2) is 182 Å². The zero-order valence-corrected chi connectivity index (χ0v) is 78.7. The number of fused-ring (bicyclic) bond motifs is 6. The quantitative estimate of drug-likeness (QED) is 0.00936. The third kappa shape index (κ3) is 23.2. The Bertz CT molecular complexity index is 5760. The van der Waals surface area contributed by atoms with Crippen molar-refractivity contribution in [2.75, 3.05) is 92.3 Å². The van der Waals surface area contributed by atoms with Gasteiger partial charge in [0, 0.05) is 71.5 Å². The predicted molar refractivity (Wildman–Crippen MR) is 535 cm³/mol. The number of nitrogens with two attached hydrogens (primary N) is 5. The van der Waals surface area contributed by atoms with Crippen molar-refractivity contribution < 1.29 is 128 Å². The molecule has 148 heavy (non-hydrogen) atoms. The van der Waals surface area contributed by atoms with Gasteiger partial charge in [-0.2, -0.15) is 0 Å². The molecule has 12 aliphatic rings. The minimum Gasteiger partial charge on any atom is -0.475 e. The van der Waals surface area contributed by atoms with Crippen LogP contribution in [-0.4, -0.2) is 216 Å². The molecule has 1 aromatic heterocycles. The molecule has 0 spiro atoms. The second-order valence-electron chi connectivity index (χ2n) is 35.9. The summed E-state index contributed by atoms with van der Waals surface area (Å²) >= 11 is 0. The Hall–Kier alpha value is -12.3. The summed E-state index contributed by atoms with van der Waals surface area (Å²) in [6, 6.07) is 28.8. The number of amidine groups is 4. The molecule has 43 heteroatoms. The van der Waals surface area contributed by atoms with Gasteiger partial charge in [-0.05, 0) is 92.3 Å². The number of nitro benzene ring substituents is 1. The number of nitrogen functional groups attached to an aromatic ring is 1. The van der Waals surface area contributed by atoms with Crippen LogP contribution < -0.4 is 33.4 Å². The van der Waals surface area contributed by atoms with Gasteiger partial charge < -0.3 is 90.2 Å². The number of hydrogen-bond acceptors (Lipinski definition) is 29. The van der Waals surface area contributed by atoms with E-state index in [2.05, 4.69) is 51.2 Å². The van der Waals surface area contributed by atoms with E-state index in [0.29, 0.717) is 68.6 Å². The van der Waals surface area contributed by atoms with Crippen LogP contribution in [0.5, 0.6) is 5.88 Å². The van der Waals surface area contributed by atoms with E-state index >= 15 is 4.39 Å². The third-order valence-corrected chi connectivity index (χ3v) is 28.1. The summed E-state index contributed by atoms with van der Waals surface area (Å²) in [7, 11) is 0. The molecule has 13 heterocycles. The van der Waals surface area contributed by atoms with Crippen molar-refractivity contribution in [1.29, 1.82) is 0 Å². The van der Waals surface area contributed by atoms with E-state index in [1.165, 1.54) is 54.6 Å². The molecule has 10 N–H and O–H groups in total. The highest BCUT2D eigenvalue weighted by Gasteiger charge is 2.64. The van der Waals surface area contributed by atoms with E-state index in [-0.39, 0.29) is 182 Å². The predicted octanol–water partition coefficient (Wildman–Crippen LogP) is 18.6. The number of non-ortho nitro benzene ring substituents is 1. The summed E-state index contributed by atoms with van der Waals surface area (Å²) in [4.78, 5) is 56.2. The van der Waals surface area contributed by atoms with E-state index in [4.69, 9.17) is 85.5 Å². The van der Waals surface area contributed by atoms with Crippen molar-refractivity contribution in [1.82, 2.24) is 9.97 Å². The first kappa shape index (κ1) is 121. The minimum atomic E-state index is -1.71. The highest BCUT2D eigenvalue weighted by molar-refractivity contribution is 5.95. The number of carbonyl (C=O) groups is 1. The monoisotopic (exact) mass is 2100 g/mol. The first-order valence-electron chi connectivity index (χ1n) is 46.5. The minimum absolute atomic E-state index is 0. The van der Waals surface area contributed by atoms with E-state index in [1.807, 2.05) is 34.6 Å². The maximum absolute atomic E-state index is 15.1. The smallest absolute Gasteiger partial charge is 0.283 e. The van der Waals surface area contributed by atoms with Gasteiger partial charge in [-0.3, -0.25) is 14.9 Å². The Morgan fingerprint density at radius 1 is 0.399 bits per heavy atom. The fourth-order valence-electron chi connectivity index (χ4n) is 22.1. The lowest BCUT2D eigenvalue weighted by molar-refractivity contribution is -0.385. The van der Waals surface area contributed by atoms with Gasteiger partial charge in [-0.15, -0.1) is 6.58 Å². The lowest BCUT2D eigenvalue weighted by Crippen LogP contribution is -2.52. The lowest BCUT2D eigenvalue weighted by atomic mass is 9.72. The number of benzene rings is 6. The maximum atomic E-state index is 15.1. The SMILES string of the molecule is C.C.C.C.C.C.C=C[C@@H]1OC[C@H]2OC(C)=N[C@](CF)(c3ccccc3F)[C@@H]12.CC[C@@H]1OC[C@H]2OC(C)=N[C@](CF)(c3ccccc3F)[C@@H]12.CC[C@@H]1OC[C@H]2OC(N)=N[C@](CF)(c3cc(CC(=O)c4cnc(OCF)cn4)ccc3F)[C@@H]12.CC[C@@H]1OC[C@H]2OC(N)=N[C@](CF)(c3cc(N)ccc3F)[C@@H]12.CC[C@@H]1OC[C@H]2OC(N)=N[C@](CF)(c3cc([N+](=O)[O-])ccc3F)[C@@H]12.CC[C@@H]1OC[C@H]2OC(N)=N[C@](CF)(c3ccccc3F)[C@@H]12. The number of carbonyl (C=O) groups excluding carboxylic acids is 1. The van der Waals surface area contributed by atoms with Crippen LogP contribution in [-0.2, 0) is 96.5 Å². The van der Waals surface area contributed by atoms with Crippen LogP contribution in [0.1, 0.15) is 175 Å². The van der Waals surface area contributed by atoms with Crippen molar-refractivity contribution >= 4 is 53.0 Å². The highest BCUT2D eigenvalue weighted by atomic mass is 19.2. The number of rotatable bonds is 24. The van der Waals surface area contributed by atoms with Crippen LogP contribution in [0.3, 0.4) is 0 Å².